The number of anilines is 2. The average molecular weight is 415 g/mol. The van der Waals surface area contributed by atoms with E-state index in [-0.39, 0.29) is 21.4 Å². The van der Waals surface area contributed by atoms with Crippen molar-refractivity contribution in [1.82, 2.24) is 0 Å². The molecule has 0 saturated heterocycles. The summed E-state index contributed by atoms with van der Waals surface area (Å²) in [7, 11) is -4.00. The zero-order valence-corrected chi connectivity index (χ0v) is 15.2. The average Bonchev–Trinajstić information content (AvgIpc) is 2.60. The van der Waals surface area contributed by atoms with Gasteiger partial charge in [0.15, 0.2) is 6.61 Å². The van der Waals surface area contributed by atoms with E-state index < -0.39 is 35.1 Å². The van der Waals surface area contributed by atoms with E-state index in [4.69, 9.17) is 26.6 Å². The third-order valence-electron chi connectivity index (χ3n) is 3.11. The fraction of sp³-hybridized carbons (Fsp3) is 0.125. The molecular weight excluding hydrogens is 400 g/mol. The van der Waals surface area contributed by atoms with Crippen LogP contribution in [0.1, 0.15) is 0 Å². The monoisotopic (exact) mass is 414 g/mol. The lowest BCUT2D eigenvalue weighted by Crippen LogP contribution is -2.16. The van der Waals surface area contributed by atoms with Crippen molar-refractivity contribution in [3.63, 3.8) is 0 Å². The lowest BCUT2D eigenvalue weighted by atomic mass is 10.3. The standard InChI is InChI=1S/C16H15ClN2O7S/c17-13-7-12(4-5-14(13)26-9-16(22)23)27(24,25)19-11-3-1-2-10(6-11)18-15(21)8-20/h1-7,19-20H,8-9H2,(H,18,21)(H,22,23). The van der Waals surface area contributed by atoms with E-state index in [0.29, 0.717) is 5.69 Å². The van der Waals surface area contributed by atoms with Crippen LogP contribution in [0.25, 0.3) is 0 Å². The summed E-state index contributed by atoms with van der Waals surface area (Å²) >= 11 is 5.94. The molecule has 0 atom stereocenters. The molecule has 2 aromatic carbocycles. The van der Waals surface area contributed by atoms with Crippen LogP contribution < -0.4 is 14.8 Å². The highest BCUT2D eigenvalue weighted by atomic mass is 35.5. The van der Waals surface area contributed by atoms with Crippen LogP contribution in [0.2, 0.25) is 5.02 Å². The van der Waals surface area contributed by atoms with Crippen molar-refractivity contribution in [3.05, 3.63) is 47.5 Å². The van der Waals surface area contributed by atoms with E-state index in [1.165, 1.54) is 36.4 Å². The highest BCUT2D eigenvalue weighted by molar-refractivity contribution is 7.92. The van der Waals surface area contributed by atoms with Crippen LogP contribution in [0.5, 0.6) is 5.75 Å². The molecule has 0 bridgehead atoms. The summed E-state index contributed by atoms with van der Waals surface area (Å²) in [5.74, 6) is -1.80. The van der Waals surface area contributed by atoms with Gasteiger partial charge in [0.25, 0.3) is 10.0 Å². The summed E-state index contributed by atoms with van der Waals surface area (Å²) in [6, 6.07) is 9.46. The maximum Gasteiger partial charge on any atom is 0.341 e. The van der Waals surface area contributed by atoms with Gasteiger partial charge in [0.05, 0.1) is 15.6 Å². The van der Waals surface area contributed by atoms with Crippen molar-refractivity contribution in [2.45, 2.75) is 4.90 Å². The fourth-order valence-electron chi connectivity index (χ4n) is 1.98. The molecular formula is C16H15ClN2O7S. The van der Waals surface area contributed by atoms with Gasteiger partial charge >= 0.3 is 5.97 Å². The van der Waals surface area contributed by atoms with Crippen LogP contribution in [-0.2, 0) is 19.6 Å². The van der Waals surface area contributed by atoms with Gasteiger partial charge in [0.1, 0.15) is 12.4 Å². The summed E-state index contributed by atoms with van der Waals surface area (Å²) in [6.45, 7) is -1.32. The molecule has 0 radical (unpaired) electrons. The minimum absolute atomic E-state index is 0.0340. The molecule has 1 amide bonds. The highest BCUT2D eigenvalue weighted by Crippen LogP contribution is 2.28. The van der Waals surface area contributed by atoms with Crippen molar-refractivity contribution in [1.29, 1.82) is 0 Å². The lowest BCUT2D eigenvalue weighted by molar-refractivity contribution is -0.139. The topological polar surface area (TPSA) is 142 Å². The summed E-state index contributed by atoms with van der Waals surface area (Å²) in [5, 5.41) is 19.7. The molecule has 0 heterocycles. The number of carbonyl (C=O) groups is 2. The van der Waals surface area contributed by atoms with Gasteiger partial charge in [-0.25, -0.2) is 13.2 Å². The number of nitrogens with one attached hydrogen (secondary N) is 2. The number of hydrogen-bond acceptors (Lipinski definition) is 6. The second kappa shape index (κ2) is 8.71. The van der Waals surface area contributed by atoms with E-state index in [9.17, 15) is 18.0 Å². The van der Waals surface area contributed by atoms with Gasteiger partial charge in [0, 0.05) is 5.69 Å². The Labute approximate surface area is 159 Å². The number of benzene rings is 2. The van der Waals surface area contributed by atoms with E-state index in [0.717, 1.165) is 6.07 Å². The third kappa shape index (κ3) is 5.84. The van der Waals surface area contributed by atoms with Crippen molar-refractivity contribution in [2.75, 3.05) is 23.3 Å². The van der Waals surface area contributed by atoms with E-state index in [1.54, 1.807) is 0 Å². The summed E-state index contributed by atoms with van der Waals surface area (Å²) in [6.07, 6.45) is 0. The molecule has 27 heavy (non-hydrogen) atoms. The number of carboxylic acids is 1. The van der Waals surface area contributed by atoms with Gasteiger partial charge in [-0.15, -0.1) is 0 Å². The number of rotatable bonds is 8. The Bertz CT molecular complexity index is 963. The third-order valence-corrected chi connectivity index (χ3v) is 4.78. The zero-order valence-electron chi connectivity index (χ0n) is 13.7. The first kappa shape index (κ1) is 20.5. The van der Waals surface area contributed by atoms with E-state index in [1.807, 2.05) is 0 Å². The first-order valence-electron chi connectivity index (χ1n) is 7.39. The molecule has 0 saturated carbocycles. The van der Waals surface area contributed by atoms with Crippen molar-refractivity contribution >= 4 is 44.9 Å². The molecule has 9 nitrogen and oxygen atoms in total. The Morgan fingerprint density at radius 3 is 2.44 bits per heavy atom. The quantitative estimate of drug-likeness (QED) is 0.513. The van der Waals surface area contributed by atoms with Gasteiger partial charge in [-0.1, -0.05) is 17.7 Å². The summed E-state index contributed by atoms with van der Waals surface area (Å²) < 4.78 is 32.2. The lowest BCUT2D eigenvalue weighted by Gasteiger charge is -2.11. The Kier molecular flexibility index (Phi) is 6.61. The number of hydrogen-bond donors (Lipinski definition) is 4. The molecule has 2 rings (SSSR count). The Balaban J connectivity index is 2.19. The molecule has 2 aromatic rings. The number of aliphatic hydroxyl groups excluding tert-OH is 1. The van der Waals surface area contributed by atoms with E-state index >= 15 is 0 Å². The van der Waals surface area contributed by atoms with Crippen molar-refractivity contribution < 1.29 is 33.0 Å². The SMILES string of the molecule is O=C(O)COc1ccc(S(=O)(=O)Nc2cccc(NC(=O)CO)c2)cc1Cl. The van der Waals surface area contributed by atoms with Gasteiger partial charge in [0.2, 0.25) is 5.91 Å². The number of aliphatic hydroxyl groups is 1. The largest absolute Gasteiger partial charge is 0.480 e. The predicted octanol–water partition coefficient (Wildman–Crippen LogP) is 1.53. The number of aliphatic carboxylic acids is 1. The van der Waals surface area contributed by atoms with Crippen LogP contribution in [0.4, 0.5) is 11.4 Å². The number of carboxylic acid groups (broad SMARTS) is 1. The fourth-order valence-corrected chi connectivity index (χ4v) is 3.36. The highest BCUT2D eigenvalue weighted by Gasteiger charge is 2.17. The molecule has 0 aliphatic heterocycles. The van der Waals surface area contributed by atoms with Gasteiger partial charge in [-0.05, 0) is 36.4 Å². The Hall–Kier alpha value is -2.82. The predicted molar refractivity (Wildman–Crippen MR) is 97.5 cm³/mol. The number of sulfonamides is 1. The maximum atomic E-state index is 12.5. The number of carbonyl (C=O) groups excluding carboxylic acids is 1. The molecule has 0 fully saturated rings. The summed E-state index contributed by atoms with van der Waals surface area (Å²) in [5.41, 5.74) is 0.470. The first-order chi connectivity index (χ1) is 12.7. The smallest absolute Gasteiger partial charge is 0.341 e. The van der Waals surface area contributed by atoms with Crippen LogP contribution in [0.3, 0.4) is 0 Å². The van der Waals surface area contributed by atoms with E-state index in [2.05, 4.69) is 10.0 Å². The molecule has 144 valence electrons. The molecule has 0 spiro atoms. The van der Waals surface area contributed by atoms with Gasteiger partial charge in [-0.2, -0.15) is 0 Å². The van der Waals surface area contributed by atoms with Crippen LogP contribution in [0.15, 0.2) is 47.4 Å². The number of halogens is 1. The molecule has 0 aromatic heterocycles. The van der Waals surface area contributed by atoms with Crippen molar-refractivity contribution in [2.24, 2.45) is 0 Å². The van der Waals surface area contributed by atoms with Crippen molar-refractivity contribution in [3.8, 4) is 5.75 Å². The van der Waals surface area contributed by atoms with Gasteiger partial charge in [-0.3, -0.25) is 9.52 Å². The molecule has 0 aliphatic rings. The second-order valence-corrected chi connectivity index (χ2v) is 7.26. The number of ether oxygens (including phenoxy) is 1. The number of amides is 1. The molecule has 4 N–H and O–H groups in total. The molecule has 11 heteroatoms. The zero-order chi connectivity index (χ0) is 20.0. The Morgan fingerprint density at radius 1 is 1.11 bits per heavy atom. The molecule has 0 unspecified atom stereocenters. The minimum Gasteiger partial charge on any atom is -0.480 e. The van der Waals surface area contributed by atoms with Crippen LogP contribution >= 0.6 is 11.6 Å². The molecule has 0 aliphatic carbocycles. The normalized spacial score (nSPS) is 10.9. The first-order valence-corrected chi connectivity index (χ1v) is 9.25. The minimum atomic E-state index is -4.00. The van der Waals surface area contributed by atoms with Crippen LogP contribution in [0, 0.1) is 0 Å². The maximum absolute atomic E-state index is 12.5. The van der Waals surface area contributed by atoms with Crippen LogP contribution in [-0.4, -0.2) is 43.7 Å². The second-order valence-electron chi connectivity index (χ2n) is 5.17. The Morgan fingerprint density at radius 2 is 1.81 bits per heavy atom. The summed E-state index contributed by atoms with van der Waals surface area (Å²) in [4.78, 5) is 21.5. The van der Waals surface area contributed by atoms with Gasteiger partial charge < -0.3 is 20.3 Å².